The summed E-state index contributed by atoms with van der Waals surface area (Å²) < 4.78 is 8.84. The second kappa shape index (κ2) is 10.9. The summed E-state index contributed by atoms with van der Waals surface area (Å²) in [4.78, 5) is 29.5. The summed E-state index contributed by atoms with van der Waals surface area (Å²) in [6.45, 7) is 12.1. The molecule has 1 N–H and O–H groups in total. The van der Waals surface area contributed by atoms with Gasteiger partial charge in [0.05, 0.1) is 29.7 Å². The van der Waals surface area contributed by atoms with Crippen molar-refractivity contribution in [3.63, 3.8) is 0 Å². The summed E-state index contributed by atoms with van der Waals surface area (Å²) >= 11 is 6.18. The maximum Gasteiger partial charge on any atom is 0.229 e. The van der Waals surface area contributed by atoms with Crippen molar-refractivity contribution < 1.29 is 9.22 Å². The fraction of sp³-hybridized carbons (Fsp3) is 0.485. The number of benzene rings is 1. The second-order valence-electron chi connectivity index (χ2n) is 14.2. The van der Waals surface area contributed by atoms with E-state index in [1.807, 2.05) is 34.8 Å². The van der Waals surface area contributed by atoms with E-state index in [9.17, 15) is 4.79 Å². The van der Waals surface area contributed by atoms with Crippen molar-refractivity contribution in [1.29, 1.82) is 0 Å². The Bertz CT molecular complexity index is 1720. The van der Waals surface area contributed by atoms with Gasteiger partial charge in [-0.25, -0.2) is 19.5 Å². The predicted octanol–water partition coefficient (Wildman–Crippen LogP) is 7.13. The third kappa shape index (κ3) is 5.87. The number of anilines is 2. The normalized spacial score (nSPS) is 23.7. The van der Waals surface area contributed by atoms with Crippen molar-refractivity contribution in [3.05, 3.63) is 77.0 Å². The van der Waals surface area contributed by atoms with Crippen molar-refractivity contribution >= 4 is 43.1 Å². The number of hydrogen-bond acceptors (Lipinski definition) is 7. The minimum absolute atomic E-state index is 0.0265. The summed E-state index contributed by atoms with van der Waals surface area (Å²) in [5.41, 5.74) is 4.01. The quantitative estimate of drug-likeness (QED) is 0.207. The van der Waals surface area contributed by atoms with E-state index in [0.717, 1.165) is 41.3 Å². The summed E-state index contributed by atoms with van der Waals surface area (Å²) in [6.07, 6.45) is 7.61. The fourth-order valence-corrected chi connectivity index (χ4v) is 7.62. The van der Waals surface area contributed by atoms with E-state index in [4.69, 9.17) is 26.1 Å². The molecule has 1 amide bonds. The van der Waals surface area contributed by atoms with E-state index in [-0.39, 0.29) is 34.9 Å². The molecule has 0 radical (unpaired) electrons. The molecule has 1 aliphatic heterocycles. The Labute approximate surface area is 264 Å². The average Bonchev–Trinajstić information content (AvgIpc) is 3.89. The minimum Gasteiger partial charge on any atom is -0.412 e. The van der Waals surface area contributed by atoms with Crippen molar-refractivity contribution in [2.24, 2.45) is 5.92 Å². The molecule has 1 saturated heterocycles. The lowest BCUT2D eigenvalue weighted by Crippen LogP contribution is -2.44. The smallest absolute Gasteiger partial charge is 0.229 e. The van der Waals surface area contributed by atoms with Crippen LogP contribution < -0.4 is 10.2 Å². The van der Waals surface area contributed by atoms with Crippen LogP contribution >= 0.6 is 11.6 Å². The Morgan fingerprint density at radius 3 is 2.64 bits per heavy atom. The van der Waals surface area contributed by atoms with Crippen LogP contribution in [0.15, 0.2) is 55.0 Å². The first-order valence-electron chi connectivity index (χ1n) is 15.6. The first kappa shape index (κ1) is 29.4. The first-order valence-corrected chi connectivity index (χ1v) is 18.9. The molecule has 3 aromatic heterocycles. The molecule has 44 heavy (non-hydrogen) atoms. The molecule has 2 saturated carbocycles. The second-order valence-corrected chi connectivity index (χ2v) is 19.4. The fourth-order valence-electron chi connectivity index (χ4n) is 6.06. The van der Waals surface area contributed by atoms with E-state index < -0.39 is 8.32 Å². The summed E-state index contributed by atoms with van der Waals surface area (Å²) in [6, 6.07) is 13.8. The van der Waals surface area contributed by atoms with Crippen LogP contribution in [0.25, 0.3) is 5.65 Å². The molecule has 3 aliphatic rings. The molecule has 11 heteroatoms. The number of aromatic nitrogens is 5. The van der Waals surface area contributed by atoms with Gasteiger partial charge in [0.25, 0.3) is 0 Å². The standard InChI is InChI=1S/C33H40ClN7O2Si/c1-33(2,3)44(4,5)43-23-14-28(27-18-41-30(37-27)12-11-26(39-41)20-9-10-20)40(17-23)31-16-29(35-19-36-31)38-32(42)25-15-24(25)21-7-6-8-22(34)13-21/h6-8,11-13,16,18-20,23-25,28H,9-10,14-15,17H2,1-5H3,(H,35,36,38,42)/t23?,24-,25+,28-/m1/s1. The van der Waals surface area contributed by atoms with Gasteiger partial charge in [0, 0.05) is 35.9 Å². The van der Waals surface area contributed by atoms with Crippen LogP contribution in [0.2, 0.25) is 23.2 Å². The first-order chi connectivity index (χ1) is 20.9. The Morgan fingerprint density at radius 1 is 1.07 bits per heavy atom. The summed E-state index contributed by atoms with van der Waals surface area (Å²) in [5.74, 6) is 1.86. The monoisotopic (exact) mass is 629 g/mol. The average molecular weight is 630 g/mol. The van der Waals surface area contributed by atoms with E-state index in [1.54, 1.807) is 0 Å². The van der Waals surface area contributed by atoms with Gasteiger partial charge < -0.3 is 14.6 Å². The highest BCUT2D eigenvalue weighted by molar-refractivity contribution is 6.74. The van der Waals surface area contributed by atoms with Gasteiger partial charge in [-0.05, 0) is 73.1 Å². The van der Waals surface area contributed by atoms with Crippen LogP contribution in [0.1, 0.15) is 81.3 Å². The SMILES string of the molecule is CC(C)(C)[Si](C)(C)OC1C[C@H](c2cn3nc(C4CC4)ccc3n2)N(c2cc(NC(=O)[C@H]3C[C@@H]3c3cccc(Cl)c3)ncn2)C1. The van der Waals surface area contributed by atoms with Gasteiger partial charge in [-0.15, -0.1) is 0 Å². The zero-order chi connectivity index (χ0) is 30.8. The predicted molar refractivity (Wildman–Crippen MR) is 175 cm³/mol. The molecule has 3 fully saturated rings. The third-order valence-electron chi connectivity index (χ3n) is 9.83. The molecule has 230 valence electrons. The summed E-state index contributed by atoms with van der Waals surface area (Å²) in [7, 11) is -2.02. The zero-order valence-electron chi connectivity index (χ0n) is 26.0. The van der Waals surface area contributed by atoms with E-state index in [1.165, 1.54) is 19.2 Å². The molecular weight excluding hydrogens is 590 g/mol. The molecule has 2 aliphatic carbocycles. The van der Waals surface area contributed by atoms with Gasteiger partial charge in [0.15, 0.2) is 14.0 Å². The highest BCUT2D eigenvalue weighted by Crippen LogP contribution is 2.48. The molecule has 7 rings (SSSR count). The van der Waals surface area contributed by atoms with Crippen LogP contribution in [-0.4, -0.2) is 51.4 Å². The Morgan fingerprint density at radius 2 is 1.89 bits per heavy atom. The Kier molecular flexibility index (Phi) is 7.29. The number of nitrogens with one attached hydrogen (secondary N) is 1. The van der Waals surface area contributed by atoms with Crippen molar-refractivity contribution in [3.8, 4) is 0 Å². The van der Waals surface area contributed by atoms with Gasteiger partial charge in [-0.3, -0.25) is 4.79 Å². The van der Waals surface area contributed by atoms with Crippen molar-refractivity contribution in [2.75, 3.05) is 16.8 Å². The van der Waals surface area contributed by atoms with Crippen LogP contribution in [-0.2, 0) is 9.22 Å². The zero-order valence-corrected chi connectivity index (χ0v) is 27.8. The third-order valence-corrected chi connectivity index (χ3v) is 14.6. The number of rotatable bonds is 8. The molecule has 4 atom stereocenters. The van der Waals surface area contributed by atoms with Crippen LogP contribution in [0.5, 0.6) is 0 Å². The number of halogens is 1. The highest BCUT2D eigenvalue weighted by Gasteiger charge is 2.45. The molecule has 0 bridgehead atoms. The van der Waals surface area contributed by atoms with Gasteiger partial charge in [-0.1, -0.05) is 44.5 Å². The number of amides is 1. The molecule has 4 aromatic rings. The van der Waals surface area contributed by atoms with E-state index in [2.05, 4.69) is 72.4 Å². The minimum atomic E-state index is -2.02. The number of nitrogens with zero attached hydrogens (tertiary/aromatic N) is 6. The number of hydrogen-bond donors (Lipinski definition) is 1. The molecular formula is C33H40ClN7O2Si. The Hall–Kier alpha value is -3.34. The largest absolute Gasteiger partial charge is 0.412 e. The van der Waals surface area contributed by atoms with E-state index in [0.29, 0.717) is 23.3 Å². The van der Waals surface area contributed by atoms with Gasteiger partial charge in [-0.2, -0.15) is 5.10 Å². The van der Waals surface area contributed by atoms with Gasteiger partial charge in [0.1, 0.15) is 18.0 Å². The van der Waals surface area contributed by atoms with E-state index >= 15 is 0 Å². The summed E-state index contributed by atoms with van der Waals surface area (Å²) in [5, 5.41) is 8.70. The lowest BCUT2D eigenvalue weighted by atomic mass is 10.1. The number of fused-ring (bicyclic) bond motifs is 1. The lowest BCUT2D eigenvalue weighted by molar-refractivity contribution is -0.117. The van der Waals surface area contributed by atoms with Gasteiger partial charge in [0.2, 0.25) is 5.91 Å². The van der Waals surface area contributed by atoms with Crippen molar-refractivity contribution in [2.45, 2.75) is 88.6 Å². The topological polar surface area (TPSA) is 97.5 Å². The molecule has 1 unspecified atom stereocenters. The number of imidazole rings is 1. The maximum absolute atomic E-state index is 13.2. The van der Waals surface area contributed by atoms with Crippen molar-refractivity contribution in [1.82, 2.24) is 24.6 Å². The van der Waals surface area contributed by atoms with Gasteiger partial charge >= 0.3 is 0 Å². The lowest BCUT2D eigenvalue weighted by Gasteiger charge is -2.38. The number of carbonyl (C=O) groups is 1. The van der Waals surface area contributed by atoms with Crippen LogP contribution in [0.3, 0.4) is 0 Å². The molecule has 1 aromatic carbocycles. The number of carbonyl (C=O) groups excluding carboxylic acids is 1. The van der Waals surface area contributed by atoms with Crippen LogP contribution in [0, 0.1) is 5.92 Å². The molecule has 0 spiro atoms. The maximum atomic E-state index is 13.2. The molecule has 9 nitrogen and oxygen atoms in total. The molecule has 4 heterocycles. The van der Waals surface area contributed by atoms with Crippen LogP contribution in [0.4, 0.5) is 11.6 Å². The highest BCUT2D eigenvalue weighted by atomic mass is 35.5. The Balaban J connectivity index is 1.14.